The number of ether oxygens (including phenoxy) is 1. The molecule has 0 bridgehead atoms. The summed E-state index contributed by atoms with van der Waals surface area (Å²) < 4.78 is 7.85. The van der Waals surface area contributed by atoms with E-state index >= 15 is 0 Å². The summed E-state index contributed by atoms with van der Waals surface area (Å²) in [6, 6.07) is 17.5. The molecule has 1 amide bonds. The van der Waals surface area contributed by atoms with E-state index in [1.807, 2.05) is 67.7 Å². The van der Waals surface area contributed by atoms with E-state index in [9.17, 15) is 4.79 Å². The van der Waals surface area contributed by atoms with Gasteiger partial charge in [0.05, 0.1) is 17.8 Å². The Kier molecular flexibility index (Phi) is 5.33. The number of aryl methyl sites for hydroxylation is 1. The van der Waals surface area contributed by atoms with E-state index in [0.29, 0.717) is 18.2 Å². The van der Waals surface area contributed by atoms with Crippen LogP contribution in [0.3, 0.4) is 0 Å². The third-order valence-electron chi connectivity index (χ3n) is 5.62. The van der Waals surface area contributed by atoms with E-state index in [-0.39, 0.29) is 17.9 Å². The van der Waals surface area contributed by atoms with Crippen molar-refractivity contribution in [3.8, 4) is 16.9 Å². The van der Waals surface area contributed by atoms with Crippen LogP contribution in [0.25, 0.3) is 16.6 Å². The molecule has 5 rings (SSSR count). The van der Waals surface area contributed by atoms with Gasteiger partial charge in [0.25, 0.3) is 0 Å². The van der Waals surface area contributed by atoms with Crippen LogP contribution in [0.5, 0.6) is 5.75 Å². The van der Waals surface area contributed by atoms with Crippen LogP contribution in [0.1, 0.15) is 30.1 Å². The van der Waals surface area contributed by atoms with Crippen LogP contribution >= 0.6 is 0 Å². The van der Waals surface area contributed by atoms with Gasteiger partial charge < -0.3 is 15.8 Å². The first kappa shape index (κ1) is 20.2. The molecule has 3 aromatic heterocycles. The number of anilines is 1. The van der Waals surface area contributed by atoms with Crippen LogP contribution in [0, 0.1) is 12.8 Å². The van der Waals surface area contributed by atoms with Crippen molar-refractivity contribution in [2.45, 2.75) is 25.8 Å². The highest BCUT2D eigenvalue weighted by Gasteiger charge is 2.30. The first-order chi connectivity index (χ1) is 15.6. The average Bonchev–Trinajstić information content (AvgIpc) is 3.59. The Hall–Kier alpha value is -3.71. The molecule has 7 nitrogen and oxygen atoms in total. The van der Waals surface area contributed by atoms with E-state index < -0.39 is 0 Å². The minimum atomic E-state index is -0.236. The summed E-state index contributed by atoms with van der Waals surface area (Å²) >= 11 is 0. The lowest BCUT2D eigenvalue weighted by Gasteiger charge is -2.16. The van der Waals surface area contributed by atoms with Gasteiger partial charge >= 0.3 is 0 Å². The molecule has 1 saturated carbocycles. The number of aromatic nitrogens is 3. The normalized spacial score (nSPS) is 14.3. The number of nitrogens with zero attached hydrogens (tertiary/aromatic N) is 3. The summed E-state index contributed by atoms with van der Waals surface area (Å²) in [5.74, 6) is 1.42. The van der Waals surface area contributed by atoms with Crippen LogP contribution < -0.4 is 15.8 Å². The molecule has 7 heteroatoms. The SMILES string of the molecule is Cc1cc(-c2ccn3nc(NC(=O)C4CC4)cc3c2)c(OC[C@H](N)c2ccccc2)cn1. The molecule has 4 aromatic rings. The Bertz CT molecular complexity index is 1260. The quantitative estimate of drug-likeness (QED) is 0.462. The number of rotatable bonds is 7. The minimum absolute atomic E-state index is 0.0452. The number of fused-ring (bicyclic) bond motifs is 1. The first-order valence-corrected chi connectivity index (χ1v) is 10.8. The van der Waals surface area contributed by atoms with Gasteiger partial charge in [0.1, 0.15) is 12.4 Å². The van der Waals surface area contributed by atoms with E-state index in [1.54, 1.807) is 10.7 Å². The molecule has 162 valence electrons. The van der Waals surface area contributed by atoms with E-state index in [0.717, 1.165) is 40.7 Å². The van der Waals surface area contributed by atoms with Crippen molar-refractivity contribution in [1.82, 2.24) is 14.6 Å². The Balaban J connectivity index is 1.39. The largest absolute Gasteiger partial charge is 0.489 e. The molecule has 0 aliphatic heterocycles. The number of nitrogens with two attached hydrogens (primary N) is 1. The lowest BCUT2D eigenvalue weighted by Crippen LogP contribution is -2.19. The van der Waals surface area contributed by atoms with Crippen molar-refractivity contribution >= 4 is 17.2 Å². The van der Waals surface area contributed by atoms with Crippen molar-refractivity contribution in [1.29, 1.82) is 0 Å². The number of hydrogen-bond acceptors (Lipinski definition) is 5. The zero-order valence-corrected chi connectivity index (χ0v) is 17.9. The van der Waals surface area contributed by atoms with Gasteiger partial charge in [0.15, 0.2) is 5.82 Å². The molecule has 3 N–H and O–H groups in total. The van der Waals surface area contributed by atoms with Gasteiger partial charge in [-0.15, -0.1) is 0 Å². The number of hydrogen-bond donors (Lipinski definition) is 2. The fourth-order valence-electron chi connectivity index (χ4n) is 3.66. The Morgan fingerprint density at radius 1 is 1.22 bits per heavy atom. The number of benzene rings is 1. The number of nitrogens with one attached hydrogen (secondary N) is 1. The first-order valence-electron chi connectivity index (χ1n) is 10.8. The molecule has 1 aliphatic carbocycles. The summed E-state index contributed by atoms with van der Waals surface area (Å²) in [7, 11) is 0. The molecule has 1 atom stereocenters. The Labute approximate surface area is 186 Å². The van der Waals surface area contributed by atoms with E-state index in [2.05, 4.69) is 15.4 Å². The van der Waals surface area contributed by atoms with Crippen LogP contribution in [0.15, 0.2) is 67.0 Å². The van der Waals surface area contributed by atoms with Gasteiger partial charge in [-0.2, -0.15) is 5.10 Å². The molecule has 0 radical (unpaired) electrons. The molecular formula is C25H25N5O2. The van der Waals surface area contributed by atoms with Crippen LogP contribution in [-0.4, -0.2) is 27.1 Å². The molecule has 0 saturated heterocycles. The highest BCUT2D eigenvalue weighted by molar-refractivity contribution is 5.93. The highest BCUT2D eigenvalue weighted by Crippen LogP contribution is 2.33. The molecule has 1 aromatic carbocycles. The zero-order valence-electron chi connectivity index (χ0n) is 17.9. The second kappa shape index (κ2) is 8.43. The van der Waals surface area contributed by atoms with Crippen molar-refractivity contribution in [3.05, 3.63) is 78.2 Å². The maximum atomic E-state index is 12.1. The lowest BCUT2D eigenvalue weighted by molar-refractivity contribution is -0.117. The number of carbonyl (C=O) groups excluding carboxylic acids is 1. The molecule has 32 heavy (non-hydrogen) atoms. The second-order valence-electron chi connectivity index (χ2n) is 8.23. The lowest BCUT2D eigenvalue weighted by atomic mass is 10.1. The fraction of sp³-hybridized carbons (Fsp3) is 0.240. The fourth-order valence-corrected chi connectivity index (χ4v) is 3.66. The summed E-state index contributed by atoms with van der Waals surface area (Å²) in [6.07, 6.45) is 5.54. The third-order valence-corrected chi connectivity index (χ3v) is 5.62. The van der Waals surface area contributed by atoms with E-state index in [1.165, 1.54) is 0 Å². The van der Waals surface area contributed by atoms with Gasteiger partial charge in [0, 0.05) is 29.4 Å². The number of pyridine rings is 2. The van der Waals surface area contributed by atoms with Crippen molar-refractivity contribution in [3.63, 3.8) is 0 Å². The summed E-state index contributed by atoms with van der Waals surface area (Å²) in [5.41, 5.74) is 11.0. The predicted molar refractivity (Wildman–Crippen MR) is 123 cm³/mol. The van der Waals surface area contributed by atoms with Gasteiger partial charge in [-0.1, -0.05) is 30.3 Å². The highest BCUT2D eigenvalue weighted by atomic mass is 16.5. The topological polar surface area (TPSA) is 94.5 Å². The van der Waals surface area contributed by atoms with Crippen LogP contribution in [-0.2, 0) is 4.79 Å². The third kappa shape index (κ3) is 4.33. The number of carbonyl (C=O) groups is 1. The average molecular weight is 428 g/mol. The van der Waals surface area contributed by atoms with Gasteiger partial charge in [0.2, 0.25) is 5.91 Å². The zero-order chi connectivity index (χ0) is 22.1. The summed E-state index contributed by atoms with van der Waals surface area (Å²) in [6.45, 7) is 2.29. The van der Waals surface area contributed by atoms with Gasteiger partial charge in [-0.3, -0.25) is 9.78 Å². The Morgan fingerprint density at radius 2 is 2.03 bits per heavy atom. The van der Waals surface area contributed by atoms with Gasteiger partial charge in [-0.25, -0.2) is 4.52 Å². The second-order valence-corrected chi connectivity index (χ2v) is 8.23. The number of amides is 1. The maximum Gasteiger partial charge on any atom is 0.228 e. The smallest absolute Gasteiger partial charge is 0.228 e. The Morgan fingerprint density at radius 3 is 2.81 bits per heavy atom. The molecule has 3 heterocycles. The molecule has 1 aliphatic rings. The standard InChI is InChI=1S/C25H25N5O2/c1-16-11-21(23(14-27-16)32-15-22(26)17-5-3-2-4-6-17)19-9-10-30-20(12-19)13-24(29-30)28-25(31)18-7-8-18/h2-6,9-14,18,22H,7-8,15,26H2,1H3,(H,28,29,31)/t22-/m0/s1. The summed E-state index contributed by atoms with van der Waals surface area (Å²) in [4.78, 5) is 16.5. The van der Waals surface area contributed by atoms with Crippen LogP contribution in [0.4, 0.5) is 5.82 Å². The van der Waals surface area contributed by atoms with Crippen LogP contribution in [0.2, 0.25) is 0 Å². The summed E-state index contributed by atoms with van der Waals surface area (Å²) in [5, 5.41) is 7.36. The van der Waals surface area contributed by atoms with E-state index in [4.69, 9.17) is 10.5 Å². The predicted octanol–water partition coefficient (Wildman–Crippen LogP) is 4.13. The maximum absolute atomic E-state index is 12.1. The van der Waals surface area contributed by atoms with Crippen molar-refractivity contribution in [2.75, 3.05) is 11.9 Å². The minimum Gasteiger partial charge on any atom is -0.489 e. The molecule has 0 spiro atoms. The monoisotopic (exact) mass is 427 g/mol. The molecular weight excluding hydrogens is 402 g/mol. The van der Waals surface area contributed by atoms with Crippen molar-refractivity contribution < 1.29 is 9.53 Å². The molecule has 0 unspecified atom stereocenters. The van der Waals surface area contributed by atoms with Crippen molar-refractivity contribution in [2.24, 2.45) is 11.7 Å². The molecule has 1 fully saturated rings. The van der Waals surface area contributed by atoms with Gasteiger partial charge in [-0.05, 0) is 49.1 Å².